The van der Waals surface area contributed by atoms with Crippen LogP contribution in [0, 0.1) is 0 Å². The number of amides is 2. The second kappa shape index (κ2) is 11.9. The molecule has 0 spiro atoms. The summed E-state index contributed by atoms with van der Waals surface area (Å²) in [7, 11) is 0. The summed E-state index contributed by atoms with van der Waals surface area (Å²) in [5.41, 5.74) is 1.17. The highest BCUT2D eigenvalue weighted by molar-refractivity contribution is 6.31. The summed E-state index contributed by atoms with van der Waals surface area (Å²) in [4.78, 5) is 34.3. The average Bonchev–Trinajstić information content (AvgIpc) is 2.59. The lowest BCUT2D eigenvalue weighted by atomic mass is 10.1. The number of nitrogens with zero attached hydrogens (tertiary/aromatic N) is 1. The first-order valence-corrected chi connectivity index (χ1v) is 8.65. The maximum atomic E-state index is 11.0. The van der Waals surface area contributed by atoms with Crippen molar-refractivity contribution < 1.29 is 24.6 Å². The molecule has 0 saturated heterocycles. The Morgan fingerprint density at radius 1 is 1.08 bits per heavy atom. The van der Waals surface area contributed by atoms with Gasteiger partial charge in [-0.2, -0.15) is 0 Å². The van der Waals surface area contributed by atoms with Crippen molar-refractivity contribution in [1.29, 1.82) is 0 Å². The van der Waals surface area contributed by atoms with Crippen molar-refractivity contribution in [3.8, 4) is 0 Å². The van der Waals surface area contributed by atoms with E-state index < -0.39 is 18.0 Å². The fraction of sp³-hybridized carbons (Fsp3) is 0.500. The van der Waals surface area contributed by atoms with Crippen LogP contribution in [-0.2, 0) is 16.1 Å². The zero-order valence-electron chi connectivity index (χ0n) is 15.0. The average molecular weight is 365 g/mol. The third-order valence-corrected chi connectivity index (χ3v) is 3.88. The molecule has 4 N–H and O–H groups in total. The molecule has 1 unspecified atom stereocenters. The van der Waals surface area contributed by atoms with Gasteiger partial charge in [0.05, 0.1) is 0 Å². The van der Waals surface area contributed by atoms with E-state index in [1.807, 2.05) is 37.3 Å². The van der Waals surface area contributed by atoms with Crippen molar-refractivity contribution in [2.24, 2.45) is 0 Å². The number of carbonyl (C=O) groups is 3. The SMILES string of the molecule is CC(CCN(CCCCNC(=O)C(=O)O)Cc1ccccc1)NC(=O)O. The molecule has 0 fully saturated rings. The summed E-state index contributed by atoms with van der Waals surface area (Å²) in [5, 5.41) is 22.1. The molecule has 0 bridgehead atoms. The molecule has 0 saturated carbocycles. The molecule has 0 aliphatic rings. The molecule has 0 heterocycles. The molecule has 26 heavy (non-hydrogen) atoms. The molecule has 2 amide bonds. The van der Waals surface area contributed by atoms with Gasteiger partial charge in [0.25, 0.3) is 0 Å². The van der Waals surface area contributed by atoms with Crippen LogP contribution in [-0.4, -0.2) is 58.8 Å². The van der Waals surface area contributed by atoms with Crippen LogP contribution in [0.3, 0.4) is 0 Å². The Morgan fingerprint density at radius 3 is 2.38 bits per heavy atom. The van der Waals surface area contributed by atoms with E-state index >= 15 is 0 Å². The highest BCUT2D eigenvalue weighted by Crippen LogP contribution is 2.08. The minimum atomic E-state index is -1.48. The lowest BCUT2D eigenvalue weighted by Crippen LogP contribution is -2.35. The van der Waals surface area contributed by atoms with Gasteiger partial charge >= 0.3 is 18.0 Å². The van der Waals surface area contributed by atoms with E-state index in [0.29, 0.717) is 19.4 Å². The van der Waals surface area contributed by atoms with Crippen LogP contribution in [0.4, 0.5) is 4.79 Å². The minimum Gasteiger partial charge on any atom is -0.474 e. The summed E-state index contributed by atoms with van der Waals surface area (Å²) in [6, 6.07) is 9.85. The first-order chi connectivity index (χ1) is 12.4. The summed E-state index contributed by atoms with van der Waals surface area (Å²) < 4.78 is 0. The van der Waals surface area contributed by atoms with E-state index in [4.69, 9.17) is 10.2 Å². The van der Waals surface area contributed by atoms with Crippen molar-refractivity contribution >= 4 is 18.0 Å². The molecule has 0 aromatic heterocycles. The van der Waals surface area contributed by atoms with Gasteiger partial charge in [0.2, 0.25) is 0 Å². The molecule has 144 valence electrons. The van der Waals surface area contributed by atoms with Crippen LogP contribution in [0.2, 0.25) is 0 Å². The first-order valence-electron chi connectivity index (χ1n) is 8.65. The maximum Gasteiger partial charge on any atom is 0.404 e. The number of rotatable bonds is 11. The normalized spacial score (nSPS) is 11.8. The van der Waals surface area contributed by atoms with Crippen LogP contribution in [0.1, 0.15) is 31.7 Å². The molecular weight excluding hydrogens is 338 g/mol. The van der Waals surface area contributed by atoms with E-state index in [1.165, 1.54) is 5.56 Å². The number of nitrogens with one attached hydrogen (secondary N) is 2. The molecule has 0 aliphatic heterocycles. The van der Waals surface area contributed by atoms with Crippen molar-refractivity contribution in [2.45, 2.75) is 38.8 Å². The van der Waals surface area contributed by atoms with Gasteiger partial charge in [0, 0.05) is 25.7 Å². The van der Waals surface area contributed by atoms with E-state index in [1.54, 1.807) is 0 Å². The Kier molecular flexibility index (Phi) is 9.78. The number of carbonyl (C=O) groups excluding carboxylic acids is 1. The van der Waals surface area contributed by atoms with E-state index in [0.717, 1.165) is 26.1 Å². The Bertz CT molecular complexity index is 579. The zero-order valence-corrected chi connectivity index (χ0v) is 15.0. The van der Waals surface area contributed by atoms with E-state index in [2.05, 4.69) is 15.5 Å². The molecular formula is C18H27N3O5. The molecule has 0 radical (unpaired) electrons. The molecule has 8 nitrogen and oxygen atoms in total. The zero-order chi connectivity index (χ0) is 19.4. The Balaban J connectivity index is 2.43. The van der Waals surface area contributed by atoms with Crippen LogP contribution < -0.4 is 10.6 Å². The molecule has 1 atom stereocenters. The number of benzene rings is 1. The van der Waals surface area contributed by atoms with Gasteiger partial charge in [0.1, 0.15) is 0 Å². The molecule has 1 aromatic rings. The van der Waals surface area contributed by atoms with E-state index in [-0.39, 0.29) is 6.04 Å². The van der Waals surface area contributed by atoms with Gasteiger partial charge in [-0.1, -0.05) is 30.3 Å². The number of carboxylic acids is 1. The predicted molar refractivity (Wildman–Crippen MR) is 96.8 cm³/mol. The summed E-state index contributed by atoms with van der Waals surface area (Å²) in [5.74, 6) is -2.46. The highest BCUT2D eigenvalue weighted by atomic mass is 16.4. The largest absolute Gasteiger partial charge is 0.474 e. The highest BCUT2D eigenvalue weighted by Gasteiger charge is 2.12. The van der Waals surface area contributed by atoms with Crippen LogP contribution in [0.25, 0.3) is 0 Å². The first kappa shape index (κ1) is 21.4. The molecule has 0 aliphatic carbocycles. The van der Waals surface area contributed by atoms with Crippen LogP contribution in [0.5, 0.6) is 0 Å². The van der Waals surface area contributed by atoms with Crippen LogP contribution >= 0.6 is 0 Å². The summed E-state index contributed by atoms with van der Waals surface area (Å²) in [6.45, 7) is 4.41. The number of hydrogen-bond acceptors (Lipinski definition) is 4. The number of carboxylic acid groups (broad SMARTS) is 2. The standard InChI is InChI=1S/C18H27N3O5/c1-14(20-18(25)26)9-12-21(13-15-7-3-2-4-8-15)11-6-5-10-19-16(22)17(23)24/h2-4,7-8,14,20H,5-6,9-13H2,1H3,(H,19,22)(H,23,24)(H,25,26). The lowest BCUT2D eigenvalue weighted by Gasteiger charge is -2.24. The smallest absolute Gasteiger partial charge is 0.404 e. The lowest BCUT2D eigenvalue weighted by molar-refractivity contribution is -0.150. The topological polar surface area (TPSA) is 119 Å². The Labute approximate surface area is 153 Å². The Hall–Kier alpha value is -2.61. The van der Waals surface area contributed by atoms with Gasteiger partial charge in [-0.05, 0) is 38.3 Å². The summed E-state index contributed by atoms with van der Waals surface area (Å²) in [6.07, 6.45) is 1.14. The quantitative estimate of drug-likeness (QED) is 0.349. The van der Waals surface area contributed by atoms with Crippen molar-refractivity contribution in [3.05, 3.63) is 35.9 Å². The van der Waals surface area contributed by atoms with Gasteiger partial charge in [0.15, 0.2) is 0 Å². The van der Waals surface area contributed by atoms with Gasteiger partial charge in [-0.3, -0.25) is 9.69 Å². The maximum absolute atomic E-state index is 11.0. The second-order valence-corrected chi connectivity index (χ2v) is 6.17. The third kappa shape index (κ3) is 9.63. The molecule has 8 heteroatoms. The molecule has 1 aromatic carbocycles. The van der Waals surface area contributed by atoms with Gasteiger partial charge in [-0.15, -0.1) is 0 Å². The van der Waals surface area contributed by atoms with Crippen molar-refractivity contribution in [2.75, 3.05) is 19.6 Å². The summed E-state index contributed by atoms with van der Waals surface area (Å²) >= 11 is 0. The number of unbranched alkanes of at least 4 members (excludes halogenated alkanes) is 1. The second-order valence-electron chi connectivity index (χ2n) is 6.17. The Morgan fingerprint density at radius 2 is 1.77 bits per heavy atom. The van der Waals surface area contributed by atoms with Gasteiger partial charge in [-0.25, -0.2) is 9.59 Å². The minimum absolute atomic E-state index is 0.138. The predicted octanol–water partition coefficient (Wildman–Crippen LogP) is 1.52. The van der Waals surface area contributed by atoms with Crippen LogP contribution in [0.15, 0.2) is 30.3 Å². The third-order valence-electron chi connectivity index (χ3n) is 3.88. The molecule has 1 rings (SSSR count). The van der Waals surface area contributed by atoms with Gasteiger partial charge < -0.3 is 20.8 Å². The number of hydrogen-bond donors (Lipinski definition) is 4. The number of aliphatic carboxylic acids is 1. The van der Waals surface area contributed by atoms with Crippen molar-refractivity contribution in [1.82, 2.24) is 15.5 Å². The monoisotopic (exact) mass is 365 g/mol. The fourth-order valence-corrected chi connectivity index (χ4v) is 2.51. The van der Waals surface area contributed by atoms with E-state index in [9.17, 15) is 14.4 Å². The van der Waals surface area contributed by atoms with Crippen molar-refractivity contribution in [3.63, 3.8) is 0 Å². The fourth-order valence-electron chi connectivity index (χ4n) is 2.51.